The lowest BCUT2D eigenvalue weighted by molar-refractivity contribution is -0.422. The standard InChI is InChI=1S/C40H43N3O12/c44-20-32-35(48)36(49)37(50)40(53,55-32)54-31-17-28-26(16-30(31)46)27(18-39(12-4-5-13-39)24-6-2-1-3-7-24)34(38(51)52)43(28)33(47)11-9-22-8-10-29(45)23(14-22)15-25-19-41-21-42-25/h1-3,6-11,14,16-17,19,27,32,34-37,44-46,48-50,53H,4-5,12-13,15,18,20-21H2,(H,51,52)/b11-9+/t27-,32-,34-,35-,36+,37-,40+/m1/s1. The minimum Gasteiger partial charge on any atom is -0.508 e. The Balaban J connectivity index is 1.29. The zero-order chi connectivity index (χ0) is 39.1. The molecule has 15 heteroatoms. The van der Waals surface area contributed by atoms with Gasteiger partial charge < -0.3 is 50.3 Å². The second-order valence-electron chi connectivity index (χ2n) is 14.5. The zero-order valence-corrected chi connectivity index (χ0v) is 29.7. The molecule has 2 fully saturated rings. The zero-order valence-electron chi connectivity index (χ0n) is 29.7. The van der Waals surface area contributed by atoms with Gasteiger partial charge in [-0.1, -0.05) is 49.2 Å². The van der Waals surface area contributed by atoms with Crippen LogP contribution in [0.5, 0.6) is 17.2 Å². The van der Waals surface area contributed by atoms with Crippen molar-refractivity contribution in [2.24, 2.45) is 9.98 Å². The van der Waals surface area contributed by atoms with Crippen molar-refractivity contribution < 1.29 is 59.9 Å². The minimum atomic E-state index is -3.09. The van der Waals surface area contributed by atoms with Crippen LogP contribution in [0, 0.1) is 0 Å². The average molecular weight is 758 g/mol. The molecule has 3 aromatic rings. The Hall–Kier alpha value is -5.16. The van der Waals surface area contributed by atoms with Crippen LogP contribution in [-0.4, -0.2) is 114 Å². The molecule has 7 rings (SSSR count). The van der Waals surface area contributed by atoms with Crippen molar-refractivity contribution in [2.45, 2.75) is 86.3 Å². The van der Waals surface area contributed by atoms with E-state index in [2.05, 4.69) is 9.98 Å². The molecule has 55 heavy (non-hydrogen) atoms. The van der Waals surface area contributed by atoms with Gasteiger partial charge in [0.1, 0.15) is 36.8 Å². The number of carboxylic acid groups (broad SMARTS) is 1. The third kappa shape index (κ3) is 7.22. The van der Waals surface area contributed by atoms with Crippen LogP contribution in [0.4, 0.5) is 5.69 Å². The molecule has 7 atom stereocenters. The Morgan fingerprint density at radius 1 is 0.982 bits per heavy atom. The van der Waals surface area contributed by atoms with E-state index in [4.69, 9.17) is 9.47 Å². The fourth-order valence-electron chi connectivity index (χ4n) is 8.38. The number of carboxylic acids is 1. The van der Waals surface area contributed by atoms with Crippen molar-refractivity contribution in [3.05, 3.63) is 89.0 Å². The molecule has 3 aliphatic heterocycles. The number of anilines is 1. The molecule has 290 valence electrons. The molecule has 0 aromatic heterocycles. The number of hydrogen-bond donors (Lipinski definition) is 8. The molecule has 1 amide bonds. The quantitative estimate of drug-likeness (QED) is 0.104. The van der Waals surface area contributed by atoms with Gasteiger partial charge in [-0.3, -0.25) is 19.7 Å². The molecule has 0 spiro atoms. The van der Waals surface area contributed by atoms with Crippen molar-refractivity contribution in [2.75, 3.05) is 18.2 Å². The summed E-state index contributed by atoms with van der Waals surface area (Å²) in [5.74, 6) is -7.08. The molecule has 15 nitrogen and oxygen atoms in total. The number of carbonyl (C=O) groups is 2. The number of nitrogens with zero attached hydrogens (tertiary/aromatic N) is 3. The van der Waals surface area contributed by atoms with Gasteiger partial charge in [0.2, 0.25) is 0 Å². The summed E-state index contributed by atoms with van der Waals surface area (Å²) in [6, 6.07) is 15.5. The van der Waals surface area contributed by atoms with Crippen molar-refractivity contribution >= 4 is 35.6 Å². The monoisotopic (exact) mass is 757 g/mol. The number of aromatic hydroxyl groups is 2. The van der Waals surface area contributed by atoms with Crippen LogP contribution in [-0.2, 0) is 26.2 Å². The molecular weight excluding hydrogens is 714 g/mol. The normalized spacial score (nSPS) is 28.4. The summed E-state index contributed by atoms with van der Waals surface area (Å²) in [5.41, 5.74) is 2.73. The molecule has 3 aromatic carbocycles. The first-order valence-electron chi connectivity index (χ1n) is 18.1. The number of aliphatic carboxylic acids is 1. The van der Waals surface area contributed by atoms with E-state index in [-0.39, 0.29) is 11.4 Å². The Labute approximate surface area is 315 Å². The second kappa shape index (κ2) is 15.2. The maximum Gasteiger partial charge on any atom is 0.355 e. The van der Waals surface area contributed by atoms with E-state index in [1.807, 2.05) is 30.3 Å². The summed E-state index contributed by atoms with van der Waals surface area (Å²) in [6.45, 7) is -0.566. The van der Waals surface area contributed by atoms with Crippen molar-refractivity contribution in [3.63, 3.8) is 0 Å². The Bertz CT molecular complexity index is 2030. The van der Waals surface area contributed by atoms with E-state index in [0.717, 1.165) is 42.2 Å². The van der Waals surface area contributed by atoms with E-state index in [9.17, 15) is 50.4 Å². The number of aliphatic imine (C=N–C) groups is 2. The number of benzene rings is 3. The number of phenols is 2. The number of phenolic OH excluding ortho intramolecular Hbond substituents is 2. The number of hydrogen-bond acceptors (Lipinski definition) is 13. The largest absolute Gasteiger partial charge is 0.508 e. The smallest absolute Gasteiger partial charge is 0.355 e. The van der Waals surface area contributed by atoms with E-state index in [1.165, 1.54) is 24.3 Å². The first-order chi connectivity index (χ1) is 26.3. The van der Waals surface area contributed by atoms with Crippen LogP contribution in [0.3, 0.4) is 0 Å². The molecule has 8 N–H and O–H groups in total. The summed E-state index contributed by atoms with van der Waals surface area (Å²) in [4.78, 5) is 37.0. The van der Waals surface area contributed by atoms with E-state index in [1.54, 1.807) is 18.3 Å². The highest BCUT2D eigenvalue weighted by molar-refractivity contribution is 6.32. The van der Waals surface area contributed by atoms with Gasteiger partial charge in [0.15, 0.2) is 17.6 Å². The fraction of sp³-hybridized carbons (Fsp3) is 0.400. The van der Waals surface area contributed by atoms with Gasteiger partial charge >= 0.3 is 11.9 Å². The maximum atomic E-state index is 14.3. The predicted molar refractivity (Wildman–Crippen MR) is 198 cm³/mol. The number of amides is 1. The lowest BCUT2D eigenvalue weighted by Crippen LogP contribution is -2.67. The number of carbonyl (C=O) groups excluding carboxylic acids is 1. The molecule has 1 aliphatic carbocycles. The highest BCUT2D eigenvalue weighted by Crippen LogP contribution is 2.55. The SMILES string of the molecule is O=C(O)[C@H]1[C@H](CC2(c3ccccc3)CCCC2)c2cc(O)c(O[C@]3(O)O[C@H](CO)[C@@H](O)[C@H](O)[C@H]3O)cc2N1C(=O)/C=C/c1ccc(O)c(CC2=NCN=C2)c1. The minimum absolute atomic E-state index is 0.0291. The third-order valence-corrected chi connectivity index (χ3v) is 11.1. The van der Waals surface area contributed by atoms with Gasteiger partial charge in [-0.15, -0.1) is 0 Å². The lowest BCUT2D eigenvalue weighted by atomic mass is 9.70. The molecule has 0 unspecified atom stereocenters. The van der Waals surface area contributed by atoms with Crippen molar-refractivity contribution in [3.8, 4) is 17.2 Å². The Morgan fingerprint density at radius 2 is 1.73 bits per heavy atom. The van der Waals surface area contributed by atoms with Gasteiger partial charge in [0.25, 0.3) is 5.91 Å². The highest BCUT2D eigenvalue weighted by atomic mass is 16.8. The van der Waals surface area contributed by atoms with Crippen LogP contribution >= 0.6 is 0 Å². The number of aliphatic hydroxyl groups is 5. The summed E-state index contributed by atoms with van der Waals surface area (Å²) in [5, 5.41) is 84.8. The molecule has 1 saturated carbocycles. The first-order valence-corrected chi connectivity index (χ1v) is 18.1. The maximum absolute atomic E-state index is 14.3. The van der Waals surface area contributed by atoms with E-state index < -0.39 is 77.7 Å². The van der Waals surface area contributed by atoms with Gasteiger partial charge in [0, 0.05) is 36.3 Å². The van der Waals surface area contributed by atoms with Crippen molar-refractivity contribution in [1.29, 1.82) is 0 Å². The summed E-state index contributed by atoms with van der Waals surface area (Å²) >= 11 is 0. The van der Waals surface area contributed by atoms with Gasteiger partial charge in [-0.05, 0) is 65.6 Å². The summed E-state index contributed by atoms with van der Waals surface area (Å²) < 4.78 is 10.8. The highest BCUT2D eigenvalue weighted by Gasteiger charge is 2.56. The van der Waals surface area contributed by atoms with Crippen LogP contribution in [0.15, 0.2) is 76.7 Å². The Morgan fingerprint density at radius 3 is 2.40 bits per heavy atom. The summed E-state index contributed by atoms with van der Waals surface area (Å²) in [6.07, 6.45) is 0.623. The topological polar surface area (TPSA) is 242 Å². The molecule has 1 saturated heterocycles. The lowest BCUT2D eigenvalue weighted by Gasteiger charge is -2.44. The average Bonchev–Trinajstić information content (AvgIpc) is 3.94. The third-order valence-electron chi connectivity index (χ3n) is 11.1. The molecule has 0 bridgehead atoms. The number of ether oxygens (including phenoxy) is 2. The van der Waals surface area contributed by atoms with Crippen LogP contribution in [0.1, 0.15) is 60.3 Å². The molecule has 4 aliphatic rings. The van der Waals surface area contributed by atoms with E-state index in [0.29, 0.717) is 41.9 Å². The second-order valence-corrected chi connectivity index (χ2v) is 14.5. The van der Waals surface area contributed by atoms with Gasteiger partial charge in [-0.2, -0.15) is 0 Å². The van der Waals surface area contributed by atoms with E-state index >= 15 is 0 Å². The molecule has 0 radical (unpaired) electrons. The van der Waals surface area contributed by atoms with Crippen LogP contribution in [0.2, 0.25) is 0 Å². The number of aliphatic hydroxyl groups excluding tert-OH is 4. The van der Waals surface area contributed by atoms with Gasteiger partial charge in [-0.25, -0.2) is 4.79 Å². The van der Waals surface area contributed by atoms with Crippen molar-refractivity contribution in [1.82, 2.24) is 0 Å². The predicted octanol–water partition coefficient (Wildman–Crippen LogP) is 2.12. The number of rotatable bonds is 11. The fourth-order valence-corrected chi connectivity index (χ4v) is 8.38. The first kappa shape index (κ1) is 38.1. The summed E-state index contributed by atoms with van der Waals surface area (Å²) in [7, 11) is 0. The van der Waals surface area contributed by atoms with Crippen LogP contribution in [0.25, 0.3) is 6.08 Å². The van der Waals surface area contributed by atoms with Gasteiger partial charge in [0.05, 0.1) is 18.0 Å². The molecule has 3 heterocycles. The number of fused-ring (bicyclic) bond motifs is 1. The molecular formula is C40H43N3O12. The Kier molecular flexibility index (Phi) is 10.5. The van der Waals surface area contributed by atoms with Crippen LogP contribution < -0.4 is 9.64 Å².